The standard InChI is InChI=1S/C16H20N4O/c1-11-8-12-13(9-18-11)14(17)4-5-15(12)20-7-3-6-19(2)16(21)10-20/h4-5,8-9H,3,6-7,10,17H2,1-2H3. The van der Waals surface area contributed by atoms with Crippen LogP contribution in [0.15, 0.2) is 24.4 Å². The highest BCUT2D eigenvalue weighted by atomic mass is 16.2. The Labute approximate surface area is 124 Å². The van der Waals surface area contributed by atoms with E-state index in [2.05, 4.69) is 9.88 Å². The molecule has 0 bridgehead atoms. The summed E-state index contributed by atoms with van der Waals surface area (Å²) in [6.45, 7) is 4.06. The quantitative estimate of drug-likeness (QED) is 0.811. The van der Waals surface area contributed by atoms with E-state index in [1.165, 1.54) is 0 Å². The Hall–Kier alpha value is -2.30. The van der Waals surface area contributed by atoms with Crippen LogP contribution in [0.2, 0.25) is 0 Å². The van der Waals surface area contributed by atoms with E-state index in [1.807, 2.05) is 38.4 Å². The van der Waals surface area contributed by atoms with Crippen molar-refractivity contribution in [3.8, 4) is 0 Å². The van der Waals surface area contributed by atoms with E-state index in [-0.39, 0.29) is 5.91 Å². The fraction of sp³-hybridized carbons (Fsp3) is 0.375. The molecule has 1 amide bonds. The van der Waals surface area contributed by atoms with Crippen LogP contribution in [0.5, 0.6) is 0 Å². The van der Waals surface area contributed by atoms with E-state index in [9.17, 15) is 4.79 Å². The summed E-state index contributed by atoms with van der Waals surface area (Å²) in [6, 6.07) is 5.95. The van der Waals surface area contributed by atoms with Crippen LogP contribution < -0.4 is 10.6 Å². The van der Waals surface area contributed by atoms with Crippen molar-refractivity contribution < 1.29 is 4.79 Å². The third-order valence-electron chi connectivity index (χ3n) is 4.06. The average Bonchev–Trinajstić information content (AvgIpc) is 2.61. The largest absolute Gasteiger partial charge is 0.398 e. The number of aromatic nitrogens is 1. The topological polar surface area (TPSA) is 62.5 Å². The van der Waals surface area contributed by atoms with E-state index in [0.717, 1.165) is 47.4 Å². The van der Waals surface area contributed by atoms with Gasteiger partial charge in [0, 0.05) is 54.2 Å². The third kappa shape index (κ3) is 2.51. The van der Waals surface area contributed by atoms with Crippen molar-refractivity contribution >= 4 is 28.1 Å². The van der Waals surface area contributed by atoms with Gasteiger partial charge in [0.25, 0.3) is 0 Å². The lowest BCUT2D eigenvalue weighted by Gasteiger charge is -2.24. The molecule has 110 valence electrons. The molecule has 1 saturated heterocycles. The minimum absolute atomic E-state index is 0.156. The Morgan fingerprint density at radius 2 is 2.05 bits per heavy atom. The number of hydrogen-bond acceptors (Lipinski definition) is 4. The molecule has 2 heterocycles. The molecule has 1 aliphatic rings. The molecule has 5 nitrogen and oxygen atoms in total. The van der Waals surface area contributed by atoms with Crippen molar-refractivity contribution in [3.05, 3.63) is 30.1 Å². The van der Waals surface area contributed by atoms with Gasteiger partial charge in [-0.05, 0) is 31.5 Å². The Morgan fingerprint density at radius 1 is 1.24 bits per heavy atom. The first-order valence-electron chi connectivity index (χ1n) is 7.20. The van der Waals surface area contributed by atoms with Crippen molar-refractivity contribution in [2.45, 2.75) is 13.3 Å². The second-order valence-electron chi connectivity index (χ2n) is 5.64. The van der Waals surface area contributed by atoms with Crippen LogP contribution in [0.3, 0.4) is 0 Å². The molecule has 0 aliphatic carbocycles. The minimum atomic E-state index is 0.156. The van der Waals surface area contributed by atoms with Crippen LogP contribution in [0.1, 0.15) is 12.1 Å². The normalized spacial score (nSPS) is 16.4. The van der Waals surface area contributed by atoms with Gasteiger partial charge in [-0.2, -0.15) is 0 Å². The summed E-state index contributed by atoms with van der Waals surface area (Å²) in [6.07, 6.45) is 2.79. The van der Waals surface area contributed by atoms with Crippen molar-refractivity contribution in [2.75, 3.05) is 37.3 Å². The van der Waals surface area contributed by atoms with Crippen LogP contribution in [-0.2, 0) is 4.79 Å². The van der Waals surface area contributed by atoms with Gasteiger partial charge in [0.15, 0.2) is 0 Å². The highest BCUT2D eigenvalue weighted by molar-refractivity contribution is 6.02. The van der Waals surface area contributed by atoms with Crippen molar-refractivity contribution in [2.24, 2.45) is 0 Å². The van der Waals surface area contributed by atoms with Gasteiger partial charge in [-0.3, -0.25) is 9.78 Å². The summed E-state index contributed by atoms with van der Waals surface area (Å²) >= 11 is 0. The molecule has 0 saturated carbocycles. The number of fused-ring (bicyclic) bond motifs is 1. The fourth-order valence-electron chi connectivity index (χ4n) is 2.82. The number of nitrogen functional groups attached to an aromatic ring is 1. The molecule has 0 unspecified atom stereocenters. The lowest BCUT2D eigenvalue weighted by Crippen LogP contribution is -2.34. The molecule has 3 rings (SSSR count). The van der Waals surface area contributed by atoms with Gasteiger partial charge < -0.3 is 15.5 Å². The zero-order valence-electron chi connectivity index (χ0n) is 12.5. The summed E-state index contributed by atoms with van der Waals surface area (Å²) in [7, 11) is 1.86. The molecule has 0 spiro atoms. The smallest absolute Gasteiger partial charge is 0.241 e. The molecule has 5 heteroatoms. The lowest BCUT2D eigenvalue weighted by molar-refractivity contribution is -0.127. The Bertz CT molecular complexity index is 698. The SMILES string of the molecule is Cc1cc2c(N3CCCN(C)C(=O)C3)ccc(N)c2cn1. The van der Waals surface area contributed by atoms with Crippen LogP contribution in [0.4, 0.5) is 11.4 Å². The zero-order chi connectivity index (χ0) is 15.0. The zero-order valence-corrected chi connectivity index (χ0v) is 12.5. The summed E-state index contributed by atoms with van der Waals surface area (Å²) in [5.41, 5.74) is 8.79. The number of pyridine rings is 1. The van der Waals surface area contributed by atoms with Crippen molar-refractivity contribution in [1.82, 2.24) is 9.88 Å². The van der Waals surface area contributed by atoms with Gasteiger partial charge in [-0.1, -0.05) is 0 Å². The molecular formula is C16H20N4O. The monoisotopic (exact) mass is 284 g/mol. The van der Waals surface area contributed by atoms with Crippen LogP contribution >= 0.6 is 0 Å². The molecule has 0 atom stereocenters. The van der Waals surface area contributed by atoms with E-state index >= 15 is 0 Å². The second kappa shape index (κ2) is 5.24. The van der Waals surface area contributed by atoms with Gasteiger partial charge in [0.2, 0.25) is 5.91 Å². The summed E-state index contributed by atoms with van der Waals surface area (Å²) < 4.78 is 0. The number of hydrogen-bond donors (Lipinski definition) is 1. The van der Waals surface area contributed by atoms with E-state index in [1.54, 1.807) is 4.90 Å². The van der Waals surface area contributed by atoms with Crippen LogP contribution in [0.25, 0.3) is 10.8 Å². The van der Waals surface area contributed by atoms with E-state index in [4.69, 9.17) is 5.73 Å². The first kappa shape index (κ1) is 13.7. The average molecular weight is 284 g/mol. The lowest BCUT2D eigenvalue weighted by atomic mass is 10.1. The first-order chi connectivity index (χ1) is 10.1. The minimum Gasteiger partial charge on any atom is -0.398 e. The maximum absolute atomic E-state index is 12.1. The highest BCUT2D eigenvalue weighted by Gasteiger charge is 2.20. The molecule has 2 aromatic rings. The summed E-state index contributed by atoms with van der Waals surface area (Å²) in [5.74, 6) is 0.156. The Balaban J connectivity index is 2.09. The Morgan fingerprint density at radius 3 is 2.86 bits per heavy atom. The molecular weight excluding hydrogens is 264 g/mol. The number of likely N-dealkylation sites (N-methyl/N-ethyl adjacent to an activating group) is 1. The molecule has 21 heavy (non-hydrogen) atoms. The van der Waals surface area contributed by atoms with Crippen LogP contribution in [-0.4, -0.2) is 42.5 Å². The van der Waals surface area contributed by atoms with Gasteiger partial charge in [0.05, 0.1) is 6.54 Å². The Kier molecular flexibility index (Phi) is 3.41. The van der Waals surface area contributed by atoms with Gasteiger partial charge in [-0.25, -0.2) is 0 Å². The maximum atomic E-state index is 12.1. The van der Waals surface area contributed by atoms with Crippen LogP contribution in [0, 0.1) is 6.92 Å². The second-order valence-corrected chi connectivity index (χ2v) is 5.64. The molecule has 1 aliphatic heterocycles. The molecule has 1 fully saturated rings. The van der Waals surface area contributed by atoms with Gasteiger partial charge >= 0.3 is 0 Å². The highest BCUT2D eigenvalue weighted by Crippen LogP contribution is 2.31. The number of rotatable bonds is 1. The van der Waals surface area contributed by atoms with Gasteiger partial charge in [-0.15, -0.1) is 0 Å². The number of benzene rings is 1. The predicted octanol–water partition coefficient (Wildman–Crippen LogP) is 1.79. The summed E-state index contributed by atoms with van der Waals surface area (Å²) in [4.78, 5) is 20.4. The number of nitrogens with zero attached hydrogens (tertiary/aromatic N) is 3. The van der Waals surface area contributed by atoms with E-state index < -0.39 is 0 Å². The van der Waals surface area contributed by atoms with Gasteiger partial charge in [0.1, 0.15) is 0 Å². The van der Waals surface area contributed by atoms with Crippen molar-refractivity contribution in [3.63, 3.8) is 0 Å². The number of carbonyl (C=O) groups is 1. The fourth-order valence-corrected chi connectivity index (χ4v) is 2.82. The number of anilines is 2. The first-order valence-corrected chi connectivity index (χ1v) is 7.20. The van der Waals surface area contributed by atoms with Crippen molar-refractivity contribution in [1.29, 1.82) is 0 Å². The predicted molar refractivity (Wildman–Crippen MR) is 85.4 cm³/mol. The molecule has 1 aromatic carbocycles. The van der Waals surface area contributed by atoms with E-state index in [0.29, 0.717) is 6.54 Å². The maximum Gasteiger partial charge on any atom is 0.241 e. The number of amides is 1. The number of aryl methyl sites for hydroxylation is 1. The molecule has 1 aromatic heterocycles. The molecule has 2 N–H and O–H groups in total. The molecule has 0 radical (unpaired) electrons. The number of nitrogens with two attached hydrogens (primary N) is 1. The third-order valence-corrected chi connectivity index (χ3v) is 4.06. The number of carbonyl (C=O) groups excluding carboxylic acids is 1. The summed E-state index contributed by atoms with van der Waals surface area (Å²) in [5, 5.41) is 2.02.